The molecule has 1 heterocycles. The van der Waals surface area contributed by atoms with Gasteiger partial charge < -0.3 is 14.8 Å². The molecule has 1 N–H and O–H groups in total. The van der Waals surface area contributed by atoms with Crippen LogP contribution in [0.5, 0.6) is 11.5 Å². The Morgan fingerprint density at radius 2 is 2.15 bits per heavy atom. The fourth-order valence-electron chi connectivity index (χ4n) is 1.98. The first kappa shape index (κ1) is 13.2. The van der Waals surface area contributed by atoms with Gasteiger partial charge in [0.25, 0.3) is 0 Å². The van der Waals surface area contributed by atoms with E-state index in [-0.39, 0.29) is 0 Å². The molecule has 5 nitrogen and oxygen atoms in total. The van der Waals surface area contributed by atoms with Gasteiger partial charge in [-0.1, -0.05) is 0 Å². The van der Waals surface area contributed by atoms with Crippen molar-refractivity contribution in [2.24, 2.45) is 0 Å². The molecule has 1 aromatic carbocycles. The van der Waals surface area contributed by atoms with Crippen molar-refractivity contribution in [3.63, 3.8) is 0 Å². The highest BCUT2D eigenvalue weighted by molar-refractivity contribution is 7.09. The van der Waals surface area contributed by atoms with Crippen molar-refractivity contribution in [2.45, 2.75) is 25.3 Å². The maximum absolute atomic E-state index is 5.38. The number of nitrogens with zero attached hydrogens (tertiary/aromatic N) is 2. The van der Waals surface area contributed by atoms with Crippen molar-refractivity contribution in [3.8, 4) is 11.5 Å². The van der Waals surface area contributed by atoms with E-state index in [4.69, 9.17) is 9.47 Å². The zero-order valence-corrected chi connectivity index (χ0v) is 12.4. The molecule has 3 rings (SSSR count). The first-order valence-corrected chi connectivity index (χ1v) is 7.36. The fourth-order valence-corrected chi connectivity index (χ4v) is 2.62. The lowest BCUT2D eigenvalue weighted by atomic mass is 10.2. The summed E-state index contributed by atoms with van der Waals surface area (Å²) in [5, 5.41) is 4.17. The van der Waals surface area contributed by atoms with E-state index in [0.717, 1.165) is 28.0 Å². The van der Waals surface area contributed by atoms with Gasteiger partial charge in [-0.25, -0.2) is 4.98 Å². The summed E-state index contributed by atoms with van der Waals surface area (Å²) < 4.78 is 14.9. The Hall–Kier alpha value is -1.82. The van der Waals surface area contributed by atoms with Crippen LogP contribution in [0.2, 0.25) is 0 Å². The number of rotatable bonds is 6. The van der Waals surface area contributed by atoms with Crippen LogP contribution in [0.1, 0.15) is 30.1 Å². The molecule has 0 radical (unpaired) electrons. The molecule has 2 aromatic rings. The summed E-state index contributed by atoms with van der Waals surface area (Å²) >= 11 is 1.42. The van der Waals surface area contributed by atoms with Crippen molar-refractivity contribution in [1.82, 2.24) is 9.36 Å². The highest BCUT2D eigenvalue weighted by Gasteiger charge is 2.27. The Labute approximate surface area is 122 Å². The second-order valence-electron chi connectivity index (χ2n) is 4.76. The second-order valence-corrected chi connectivity index (χ2v) is 5.52. The van der Waals surface area contributed by atoms with Crippen molar-refractivity contribution in [3.05, 3.63) is 29.6 Å². The Balaban J connectivity index is 1.67. The van der Waals surface area contributed by atoms with Gasteiger partial charge >= 0.3 is 0 Å². The monoisotopic (exact) mass is 291 g/mol. The van der Waals surface area contributed by atoms with E-state index >= 15 is 0 Å². The zero-order chi connectivity index (χ0) is 13.9. The van der Waals surface area contributed by atoms with Crippen LogP contribution in [-0.4, -0.2) is 23.6 Å². The smallest absolute Gasteiger partial charge is 0.202 e. The summed E-state index contributed by atoms with van der Waals surface area (Å²) in [7, 11) is 3.31. The molecule has 1 saturated carbocycles. The van der Waals surface area contributed by atoms with Crippen LogP contribution in [0, 0.1) is 0 Å². The van der Waals surface area contributed by atoms with Crippen molar-refractivity contribution < 1.29 is 9.47 Å². The molecule has 0 unspecified atom stereocenters. The number of benzene rings is 1. The van der Waals surface area contributed by atoms with E-state index in [1.54, 1.807) is 14.2 Å². The molecule has 1 aliphatic carbocycles. The van der Waals surface area contributed by atoms with Gasteiger partial charge in [-0.15, -0.1) is 0 Å². The molecular formula is C14H17N3O2S. The van der Waals surface area contributed by atoms with Crippen molar-refractivity contribution in [1.29, 1.82) is 0 Å². The molecule has 0 spiro atoms. The largest absolute Gasteiger partial charge is 0.497 e. The van der Waals surface area contributed by atoms with Gasteiger partial charge in [0.1, 0.15) is 17.3 Å². The molecular weight excluding hydrogens is 274 g/mol. The number of nitrogens with one attached hydrogen (secondary N) is 1. The molecule has 1 aromatic heterocycles. The van der Waals surface area contributed by atoms with Gasteiger partial charge in [0.15, 0.2) is 0 Å². The van der Waals surface area contributed by atoms with Crippen LogP contribution in [0.3, 0.4) is 0 Å². The fraction of sp³-hybridized carbons (Fsp3) is 0.429. The van der Waals surface area contributed by atoms with E-state index in [0.29, 0.717) is 12.5 Å². The summed E-state index contributed by atoms with van der Waals surface area (Å²) in [4.78, 5) is 4.51. The minimum atomic E-state index is 0.595. The molecule has 0 bridgehead atoms. The number of ether oxygens (including phenoxy) is 2. The van der Waals surface area contributed by atoms with E-state index < -0.39 is 0 Å². The standard InChI is InChI=1S/C14H17N3O2S/c1-18-11-6-5-10(12(7-11)19-2)8-15-14-16-13(17-20-14)9-3-4-9/h5-7,9H,3-4,8H2,1-2H3,(H,15,16,17). The average Bonchev–Trinajstić information content (AvgIpc) is 3.24. The third-order valence-electron chi connectivity index (χ3n) is 3.31. The van der Waals surface area contributed by atoms with Crippen LogP contribution in [-0.2, 0) is 6.54 Å². The number of anilines is 1. The lowest BCUT2D eigenvalue weighted by molar-refractivity contribution is 0.391. The second kappa shape index (κ2) is 5.66. The van der Waals surface area contributed by atoms with Crippen LogP contribution in [0.25, 0.3) is 0 Å². The summed E-state index contributed by atoms with van der Waals surface area (Å²) in [6, 6.07) is 5.80. The summed E-state index contributed by atoms with van der Waals surface area (Å²) in [5.74, 6) is 3.18. The number of aromatic nitrogens is 2. The first-order chi connectivity index (χ1) is 9.80. The Morgan fingerprint density at radius 1 is 1.30 bits per heavy atom. The Bertz CT molecular complexity index is 596. The molecule has 6 heteroatoms. The quantitative estimate of drug-likeness (QED) is 0.886. The SMILES string of the molecule is COc1ccc(CNc2nc(C3CC3)ns2)c(OC)c1. The average molecular weight is 291 g/mol. The Kier molecular flexibility index (Phi) is 3.73. The van der Waals surface area contributed by atoms with E-state index in [2.05, 4.69) is 14.7 Å². The maximum Gasteiger partial charge on any atom is 0.202 e. The van der Waals surface area contributed by atoms with Crippen LogP contribution >= 0.6 is 11.5 Å². The minimum Gasteiger partial charge on any atom is -0.497 e. The molecule has 0 aliphatic heterocycles. The van der Waals surface area contributed by atoms with Crippen molar-refractivity contribution in [2.75, 3.05) is 19.5 Å². The molecule has 0 saturated heterocycles. The zero-order valence-electron chi connectivity index (χ0n) is 11.5. The summed E-state index contributed by atoms with van der Waals surface area (Å²) in [6.07, 6.45) is 2.45. The molecule has 1 fully saturated rings. The van der Waals surface area contributed by atoms with Gasteiger partial charge in [-0.3, -0.25) is 0 Å². The van der Waals surface area contributed by atoms with Crippen LogP contribution < -0.4 is 14.8 Å². The lowest BCUT2D eigenvalue weighted by Crippen LogP contribution is -2.02. The van der Waals surface area contributed by atoms with Gasteiger partial charge in [0.2, 0.25) is 5.13 Å². The molecule has 1 aliphatic rings. The predicted molar refractivity (Wildman–Crippen MR) is 78.8 cm³/mol. The van der Waals surface area contributed by atoms with E-state index in [9.17, 15) is 0 Å². The first-order valence-electron chi connectivity index (χ1n) is 6.58. The number of hydrogen-bond acceptors (Lipinski definition) is 6. The van der Waals surface area contributed by atoms with Gasteiger partial charge in [0.05, 0.1) is 14.2 Å². The molecule has 0 amide bonds. The van der Waals surface area contributed by atoms with E-state index in [1.165, 1.54) is 24.4 Å². The van der Waals surface area contributed by atoms with Crippen LogP contribution in [0.15, 0.2) is 18.2 Å². The molecule has 106 valence electrons. The highest BCUT2D eigenvalue weighted by Crippen LogP contribution is 2.39. The lowest BCUT2D eigenvalue weighted by Gasteiger charge is -2.10. The predicted octanol–water partition coefficient (Wildman–Crippen LogP) is 3.04. The highest BCUT2D eigenvalue weighted by atomic mass is 32.1. The third kappa shape index (κ3) is 2.85. The Morgan fingerprint density at radius 3 is 2.85 bits per heavy atom. The summed E-state index contributed by atoms with van der Waals surface area (Å²) in [5.41, 5.74) is 1.07. The van der Waals surface area contributed by atoms with Crippen LogP contribution in [0.4, 0.5) is 5.13 Å². The number of methoxy groups -OCH3 is 2. The molecule has 0 atom stereocenters. The van der Waals surface area contributed by atoms with Gasteiger partial charge in [-0.05, 0) is 25.0 Å². The third-order valence-corrected chi connectivity index (χ3v) is 4.00. The normalized spacial score (nSPS) is 14.1. The van der Waals surface area contributed by atoms with Gasteiger partial charge in [-0.2, -0.15) is 4.37 Å². The molecule has 20 heavy (non-hydrogen) atoms. The maximum atomic E-state index is 5.38. The van der Waals surface area contributed by atoms with E-state index in [1.807, 2.05) is 18.2 Å². The summed E-state index contributed by atoms with van der Waals surface area (Å²) in [6.45, 7) is 0.659. The van der Waals surface area contributed by atoms with Gasteiger partial charge in [0, 0.05) is 35.6 Å². The minimum absolute atomic E-state index is 0.595. The topological polar surface area (TPSA) is 56.3 Å². The number of hydrogen-bond donors (Lipinski definition) is 1. The van der Waals surface area contributed by atoms with Crippen molar-refractivity contribution >= 4 is 16.7 Å².